The summed E-state index contributed by atoms with van der Waals surface area (Å²) in [6.07, 6.45) is 110. The maximum absolute atomic E-state index is 12.4. The molecule has 5 heteroatoms. The third kappa shape index (κ3) is 70.3. The summed E-state index contributed by atoms with van der Waals surface area (Å²) in [6, 6.07) is 0. The predicted octanol–water partition coefficient (Wildman–Crippen LogP) is 24.9. The maximum atomic E-state index is 12.4. The fourth-order valence-corrected chi connectivity index (χ4v) is 9.92. The van der Waals surface area contributed by atoms with Gasteiger partial charge in [-0.05, 0) is 116 Å². The molecule has 1 unspecified atom stereocenters. The van der Waals surface area contributed by atoms with Crippen LogP contribution in [0.5, 0.6) is 0 Å². The fourth-order valence-electron chi connectivity index (χ4n) is 9.92. The van der Waals surface area contributed by atoms with Crippen LogP contribution in [0.3, 0.4) is 0 Å². The topological polar surface area (TPSA) is 72.8 Å². The second kappa shape index (κ2) is 73.0. The zero-order valence-corrected chi connectivity index (χ0v) is 54.9. The second-order valence-corrected chi connectivity index (χ2v) is 23.2. The molecule has 0 aromatic rings. The molecule has 1 N–H and O–H groups in total. The van der Waals surface area contributed by atoms with Crippen molar-refractivity contribution in [2.24, 2.45) is 0 Å². The van der Waals surface area contributed by atoms with Crippen molar-refractivity contribution < 1.29 is 24.2 Å². The predicted molar refractivity (Wildman–Crippen MR) is 371 cm³/mol. The lowest BCUT2D eigenvalue weighted by molar-refractivity contribution is -0.161. The van der Waals surface area contributed by atoms with Crippen LogP contribution < -0.4 is 0 Å². The Kier molecular flexibility index (Phi) is 69.4. The third-order valence-electron chi connectivity index (χ3n) is 15.1. The van der Waals surface area contributed by atoms with Crippen LogP contribution in [0.2, 0.25) is 0 Å². The molecule has 0 bridgehead atoms. The molecule has 0 radical (unpaired) electrons. The standard InChI is InChI=1S/C79H132O5/c1-3-5-7-9-11-13-15-17-19-21-23-25-27-29-31-33-34-35-36-37-38-39-40-41-42-43-44-46-48-50-52-54-56-58-60-62-64-66-68-70-72-74-79(82)84-77(75-80)76-83-78(81)73-71-69-67-65-63-61-59-57-55-53-51-49-47-45-32-30-28-26-24-22-20-18-16-14-12-10-8-6-4-2/h5-8,11-14,17-20,23-26,29,31,34-35,37-38,40-41,77,80H,3-4,9-10,15-16,21-22,27-28,30,32-33,36,39,42-76H2,1-2H3/b7-5-,8-6-,13-11-,14-12-,19-17-,20-18-,25-23-,26-24-,31-29-,35-34-,38-37-,41-40-. The third-order valence-corrected chi connectivity index (χ3v) is 15.1. The summed E-state index contributed by atoms with van der Waals surface area (Å²) in [7, 11) is 0. The molecule has 84 heavy (non-hydrogen) atoms. The SMILES string of the molecule is CC/C=C\C/C=C\C/C=C\C/C=C\C/C=C\C/C=C\C/C=C\C/C=C\CCCCCCCCCCCCCCCCCCC(=O)OC(CO)COC(=O)CCCCCCCCCCCCCCCCCC/C=C\C/C=C\C/C=C\C/C=C\CC. The van der Waals surface area contributed by atoms with Crippen molar-refractivity contribution in [3.63, 3.8) is 0 Å². The van der Waals surface area contributed by atoms with Crippen molar-refractivity contribution in [2.75, 3.05) is 13.2 Å². The normalized spacial score (nSPS) is 13.1. The van der Waals surface area contributed by atoms with E-state index in [-0.39, 0.29) is 25.2 Å². The molecule has 0 aromatic carbocycles. The Bertz CT molecular complexity index is 1750. The van der Waals surface area contributed by atoms with Gasteiger partial charge in [-0.1, -0.05) is 339 Å². The maximum Gasteiger partial charge on any atom is 0.306 e. The first kappa shape index (κ1) is 79.8. The van der Waals surface area contributed by atoms with Gasteiger partial charge in [0.15, 0.2) is 6.10 Å². The number of carbonyl (C=O) groups excluding carboxylic acids is 2. The summed E-state index contributed by atoms with van der Waals surface area (Å²) in [5, 5.41) is 9.71. The van der Waals surface area contributed by atoms with Gasteiger partial charge >= 0.3 is 11.9 Å². The quantitative estimate of drug-likeness (QED) is 0.0373. The highest BCUT2D eigenvalue weighted by molar-refractivity contribution is 5.70. The second-order valence-electron chi connectivity index (χ2n) is 23.2. The Morgan fingerprint density at radius 1 is 0.274 bits per heavy atom. The van der Waals surface area contributed by atoms with Crippen LogP contribution in [-0.4, -0.2) is 36.4 Å². The van der Waals surface area contributed by atoms with E-state index in [9.17, 15) is 14.7 Å². The molecule has 0 aliphatic rings. The number of aliphatic hydroxyl groups is 1. The summed E-state index contributed by atoms with van der Waals surface area (Å²) < 4.78 is 10.8. The first-order chi connectivity index (χ1) is 41.6. The van der Waals surface area contributed by atoms with E-state index in [1.807, 2.05) is 0 Å². The molecule has 0 aliphatic carbocycles. The average molecular weight is 1160 g/mol. The Labute approximate surface area is 520 Å². The van der Waals surface area contributed by atoms with Crippen molar-refractivity contribution >= 4 is 11.9 Å². The largest absolute Gasteiger partial charge is 0.462 e. The van der Waals surface area contributed by atoms with Gasteiger partial charge in [0, 0.05) is 12.8 Å². The van der Waals surface area contributed by atoms with Gasteiger partial charge in [-0.15, -0.1) is 0 Å². The van der Waals surface area contributed by atoms with Gasteiger partial charge in [0.1, 0.15) is 6.61 Å². The number of allylic oxidation sites excluding steroid dienone is 24. The summed E-state index contributed by atoms with van der Waals surface area (Å²) in [4.78, 5) is 24.7. The van der Waals surface area contributed by atoms with E-state index >= 15 is 0 Å². The van der Waals surface area contributed by atoms with E-state index in [0.717, 1.165) is 116 Å². The lowest BCUT2D eigenvalue weighted by Gasteiger charge is -2.15. The summed E-state index contributed by atoms with van der Waals surface area (Å²) >= 11 is 0. The van der Waals surface area contributed by atoms with Gasteiger partial charge in [-0.3, -0.25) is 9.59 Å². The number of unbranched alkanes of at least 4 members (excludes halogenated alkanes) is 32. The zero-order valence-electron chi connectivity index (χ0n) is 54.9. The number of aliphatic hydroxyl groups excluding tert-OH is 1. The van der Waals surface area contributed by atoms with Crippen LogP contribution in [0.15, 0.2) is 146 Å². The van der Waals surface area contributed by atoms with Crippen LogP contribution in [-0.2, 0) is 19.1 Å². The number of carbonyl (C=O) groups is 2. The number of rotatable bonds is 64. The molecule has 5 nitrogen and oxygen atoms in total. The fraction of sp³-hybridized carbons (Fsp3) is 0.671. The van der Waals surface area contributed by atoms with Gasteiger partial charge in [0.2, 0.25) is 0 Å². The molecular formula is C79H132O5. The Morgan fingerprint density at radius 3 is 0.714 bits per heavy atom. The van der Waals surface area contributed by atoms with Crippen molar-refractivity contribution in [1.29, 1.82) is 0 Å². The Hall–Kier alpha value is -4.22. The highest BCUT2D eigenvalue weighted by atomic mass is 16.6. The summed E-state index contributed by atoms with van der Waals surface area (Å²) in [5.74, 6) is -0.584. The van der Waals surface area contributed by atoms with E-state index in [4.69, 9.17) is 9.47 Å². The first-order valence-electron chi connectivity index (χ1n) is 35.4. The van der Waals surface area contributed by atoms with Gasteiger partial charge in [-0.25, -0.2) is 0 Å². The molecule has 0 amide bonds. The lowest BCUT2D eigenvalue weighted by Crippen LogP contribution is -2.28. The first-order valence-corrected chi connectivity index (χ1v) is 35.4. The zero-order chi connectivity index (χ0) is 60.5. The molecule has 0 saturated heterocycles. The van der Waals surface area contributed by atoms with E-state index in [0.29, 0.717) is 12.8 Å². The molecule has 478 valence electrons. The highest BCUT2D eigenvalue weighted by Crippen LogP contribution is 2.17. The molecular weight excluding hydrogens is 1030 g/mol. The van der Waals surface area contributed by atoms with Gasteiger partial charge in [0.05, 0.1) is 6.61 Å². The van der Waals surface area contributed by atoms with Crippen LogP contribution in [0, 0.1) is 0 Å². The molecule has 0 aromatic heterocycles. The lowest BCUT2D eigenvalue weighted by atomic mass is 10.0. The van der Waals surface area contributed by atoms with Crippen LogP contribution in [0.4, 0.5) is 0 Å². The minimum Gasteiger partial charge on any atom is -0.462 e. The molecule has 0 aliphatic heterocycles. The van der Waals surface area contributed by atoms with Crippen molar-refractivity contribution in [1.82, 2.24) is 0 Å². The smallest absolute Gasteiger partial charge is 0.306 e. The molecule has 0 fully saturated rings. The van der Waals surface area contributed by atoms with Gasteiger partial charge < -0.3 is 14.6 Å². The van der Waals surface area contributed by atoms with Crippen molar-refractivity contribution in [2.45, 2.75) is 328 Å². The van der Waals surface area contributed by atoms with E-state index in [1.54, 1.807) is 0 Å². The van der Waals surface area contributed by atoms with Crippen molar-refractivity contribution in [3.8, 4) is 0 Å². The number of esters is 2. The van der Waals surface area contributed by atoms with Gasteiger partial charge in [-0.2, -0.15) is 0 Å². The van der Waals surface area contributed by atoms with Crippen molar-refractivity contribution in [3.05, 3.63) is 146 Å². The van der Waals surface area contributed by atoms with E-state index < -0.39 is 6.10 Å². The van der Waals surface area contributed by atoms with Crippen LogP contribution in [0.25, 0.3) is 0 Å². The van der Waals surface area contributed by atoms with Gasteiger partial charge in [0.25, 0.3) is 0 Å². The molecule has 0 rings (SSSR count). The Morgan fingerprint density at radius 2 is 0.476 bits per heavy atom. The van der Waals surface area contributed by atoms with Crippen LogP contribution in [0.1, 0.15) is 322 Å². The number of hydrogen-bond donors (Lipinski definition) is 1. The minimum atomic E-state index is -0.780. The molecule has 1 atom stereocenters. The summed E-state index contributed by atoms with van der Waals surface area (Å²) in [5.41, 5.74) is 0. The van der Waals surface area contributed by atoms with Crippen LogP contribution >= 0.6 is 0 Å². The molecule has 0 saturated carbocycles. The minimum absolute atomic E-state index is 0.0688. The molecule has 0 heterocycles. The number of hydrogen-bond acceptors (Lipinski definition) is 5. The summed E-state index contributed by atoms with van der Waals surface area (Å²) in [6.45, 7) is 3.94. The molecule has 0 spiro atoms. The van der Waals surface area contributed by atoms with E-state index in [1.165, 1.54) is 180 Å². The number of ether oxygens (including phenoxy) is 2. The van der Waals surface area contributed by atoms with E-state index in [2.05, 4.69) is 160 Å². The average Bonchev–Trinajstić information content (AvgIpc) is 3.51. The highest BCUT2D eigenvalue weighted by Gasteiger charge is 2.16. The monoisotopic (exact) mass is 1160 g/mol. The Balaban J connectivity index is 3.48.